The van der Waals surface area contributed by atoms with Crippen LogP contribution in [0.25, 0.3) is 0 Å². The number of likely N-dealkylation sites (N-methyl/N-ethyl adjacent to an activating group) is 1. The highest BCUT2D eigenvalue weighted by Crippen LogP contribution is 2.35. The van der Waals surface area contributed by atoms with Crippen LogP contribution in [-0.4, -0.2) is 132 Å². The highest BCUT2D eigenvalue weighted by Gasteiger charge is 2.54. The molecule has 4 fully saturated rings. The van der Waals surface area contributed by atoms with Gasteiger partial charge in [0.05, 0.1) is 36.9 Å². The lowest BCUT2D eigenvalue weighted by molar-refractivity contribution is -0.371. The summed E-state index contributed by atoms with van der Waals surface area (Å²) < 4.78 is 35.0. The SMILES string of the molecule is CNC1C(O[C@H]2OC(CO)[C@@H](N)[C@H](C)C2O)O[C@H]2CC(N)[C@@H](O[C@@H]3C(N)O[C@@H](N)C(O)[C@H]3N)OC2C1O. The molecule has 0 bridgehead atoms. The van der Waals surface area contributed by atoms with Gasteiger partial charge in [-0.2, -0.15) is 0 Å². The maximum absolute atomic E-state index is 11.2. The van der Waals surface area contributed by atoms with E-state index in [1.807, 2.05) is 0 Å². The second-order valence-electron chi connectivity index (χ2n) is 10.2. The Labute approximate surface area is 214 Å². The van der Waals surface area contributed by atoms with Crippen molar-refractivity contribution < 1.29 is 48.8 Å². The van der Waals surface area contributed by atoms with Crippen molar-refractivity contribution in [1.29, 1.82) is 0 Å². The number of rotatable bonds is 6. The molecule has 4 aliphatic rings. The zero-order valence-corrected chi connectivity index (χ0v) is 20.9. The molecular weight excluding hydrogens is 496 g/mol. The van der Waals surface area contributed by atoms with Crippen LogP contribution in [0.15, 0.2) is 0 Å². The van der Waals surface area contributed by atoms with Crippen LogP contribution in [0.3, 0.4) is 0 Å². The summed E-state index contributed by atoms with van der Waals surface area (Å²) in [5.74, 6) is -0.427. The van der Waals surface area contributed by atoms with Gasteiger partial charge in [-0.25, -0.2) is 0 Å². The Morgan fingerprint density at radius 2 is 1.51 bits per heavy atom. The summed E-state index contributed by atoms with van der Waals surface area (Å²) in [5.41, 5.74) is 30.1. The summed E-state index contributed by atoms with van der Waals surface area (Å²) in [6.07, 6.45) is -11.9. The van der Waals surface area contributed by atoms with Gasteiger partial charge in [0.25, 0.3) is 0 Å². The fourth-order valence-electron chi connectivity index (χ4n) is 5.33. The van der Waals surface area contributed by atoms with E-state index in [9.17, 15) is 20.4 Å². The van der Waals surface area contributed by atoms with Crippen LogP contribution in [0.2, 0.25) is 0 Å². The standard InChI is InChI=1S/C21H42N6O10/c1-5-9(23)8(4-28)33-21(12(5)29)37-20-11(27-2)14(31)15-7(32-20)3-6(22)19(34-15)35-16-10(24)13(30)17(25)36-18(16)26/h5-21,27-31H,3-4,22-26H2,1-2H3/t5-,6?,7-,8?,9-,10+,11?,12?,13?,14?,15?,16-,17+,18?,19+,20?,21+/m0/s1. The number of ether oxygens (including phenoxy) is 6. The van der Waals surface area contributed by atoms with E-state index in [2.05, 4.69) is 5.32 Å². The number of fused-ring (bicyclic) bond motifs is 1. The Bertz CT molecular complexity index is 757. The summed E-state index contributed by atoms with van der Waals surface area (Å²) >= 11 is 0. The van der Waals surface area contributed by atoms with E-state index in [0.29, 0.717) is 0 Å². The minimum atomic E-state index is -1.22. The normalized spacial score (nSPS) is 55.1. The van der Waals surface area contributed by atoms with Gasteiger partial charge >= 0.3 is 0 Å². The molecule has 15 N–H and O–H groups in total. The Hall–Kier alpha value is -0.640. The van der Waals surface area contributed by atoms with Crippen LogP contribution in [0.1, 0.15) is 13.3 Å². The number of hydrogen-bond acceptors (Lipinski definition) is 16. The minimum Gasteiger partial charge on any atom is -0.394 e. The van der Waals surface area contributed by atoms with Crippen LogP contribution < -0.4 is 34.0 Å². The first-order valence-corrected chi connectivity index (χ1v) is 12.5. The summed E-state index contributed by atoms with van der Waals surface area (Å²) in [4.78, 5) is 0. The molecule has 4 aliphatic heterocycles. The lowest BCUT2D eigenvalue weighted by Gasteiger charge is -2.51. The highest BCUT2D eigenvalue weighted by molar-refractivity contribution is 5.00. The first kappa shape index (κ1) is 29.3. The van der Waals surface area contributed by atoms with E-state index in [1.165, 1.54) is 0 Å². The van der Waals surface area contributed by atoms with Gasteiger partial charge in [-0.3, -0.25) is 0 Å². The molecule has 16 heteroatoms. The molecule has 0 radical (unpaired) electrons. The van der Waals surface area contributed by atoms with Crippen molar-refractivity contribution in [3.8, 4) is 0 Å². The molecule has 0 aromatic heterocycles. The summed E-state index contributed by atoms with van der Waals surface area (Å²) in [7, 11) is 1.60. The van der Waals surface area contributed by atoms with Crippen LogP contribution in [0.4, 0.5) is 0 Å². The molecule has 4 saturated heterocycles. The molecule has 37 heavy (non-hydrogen) atoms. The van der Waals surface area contributed by atoms with Gasteiger partial charge in [0.1, 0.15) is 43.0 Å². The lowest BCUT2D eigenvalue weighted by atomic mass is 9.88. The van der Waals surface area contributed by atoms with Gasteiger partial charge < -0.3 is 82.8 Å². The van der Waals surface area contributed by atoms with Crippen molar-refractivity contribution in [2.45, 2.75) is 112 Å². The average Bonchev–Trinajstić information content (AvgIpc) is 2.86. The molecular formula is C21H42N6O10. The number of nitrogens with two attached hydrogens (primary N) is 5. The molecule has 0 aliphatic carbocycles. The van der Waals surface area contributed by atoms with Crippen molar-refractivity contribution >= 4 is 0 Å². The molecule has 4 rings (SSSR count). The Balaban J connectivity index is 1.43. The molecule has 17 atom stereocenters. The first-order chi connectivity index (χ1) is 17.5. The molecule has 0 aromatic rings. The van der Waals surface area contributed by atoms with Crippen molar-refractivity contribution in [2.75, 3.05) is 13.7 Å². The van der Waals surface area contributed by atoms with Gasteiger partial charge in [0, 0.05) is 12.0 Å². The van der Waals surface area contributed by atoms with Crippen LogP contribution in [-0.2, 0) is 28.4 Å². The fraction of sp³-hybridized carbons (Fsp3) is 1.00. The van der Waals surface area contributed by atoms with E-state index in [-0.39, 0.29) is 13.0 Å². The topological polar surface area (TPSA) is 278 Å². The molecule has 216 valence electrons. The van der Waals surface area contributed by atoms with Crippen molar-refractivity contribution in [3.63, 3.8) is 0 Å². The largest absolute Gasteiger partial charge is 0.394 e. The predicted molar refractivity (Wildman–Crippen MR) is 125 cm³/mol. The third-order valence-corrected chi connectivity index (χ3v) is 7.80. The zero-order valence-electron chi connectivity index (χ0n) is 20.9. The van der Waals surface area contributed by atoms with Gasteiger partial charge in [-0.1, -0.05) is 6.92 Å². The fourth-order valence-corrected chi connectivity index (χ4v) is 5.33. The van der Waals surface area contributed by atoms with Crippen molar-refractivity contribution in [2.24, 2.45) is 34.6 Å². The lowest BCUT2D eigenvalue weighted by Crippen LogP contribution is -2.71. The van der Waals surface area contributed by atoms with E-state index in [4.69, 9.17) is 57.1 Å². The van der Waals surface area contributed by atoms with Gasteiger partial charge in [0.2, 0.25) is 0 Å². The first-order valence-electron chi connectivity index (χ1n) is 12.5. The quantitative estimate of drug-likeness (QED) is 0.150. The number of nitrogens with one attached hydrogen (secondary N) is 1. The third kappa shape index (κ3) is 5.66. The van der Waals surface area contributed by atoms with Gasteiger partial charge in [-0.05, 0) is 13.5 Å². The molecule has 4 heterocycles. The zero-order chi connectivity index (χ0) is 27.2. The average molecular weight is 539 g/mol. The second kappa shape index (κ2) is 11.8. The Morgan fingerprint density at radius 3 is 2.16 bits per heavy atom. The van der Waals surface area contributed by atoms with E-state index in [0.717, 1.165) is 0 Å². The molecule has 9 unspecified atom stereocenters. The van der Waals surface area contributed by atoms with Gasteiger partial charge in [-0.15, -0.1) is 0 Å². The van der Waals surface area contributed by atoms with E-state index < -0.39 is 104 Å². The molecule has 0 amide bonds. The highest BCUT2D eigenvalue weighted by atomic mass is 16.8. The summed E-state index contributed by atoms with van der Waals surface area (Å²) in [6.45, 7) is 1.38. The van der Waals surface area contributed by atoms with Crippen LogP contribution in [0, 0.1) is 5.92 Å². The number of hydrogen-bond donors (Lipinski definition) is 10. The van der Waals surface area contributed by atoms with E-state index in [1.54, 1.807) is 14.0 Å². The molecule has 0 saturated carbocycles. The summed E-state index contributed by atoms with van der Waals surface area (Å²) in [6, 6.07) is -3.06. The Kier molecular flexibility index (Phi) is 9.40. The maximum Gasteiger partial charge on any atom is 0.187 e. The van der Waals surface area contributed by atoms with Crippen molar-refractivity contribution in [3.05, 3.63) is 0 Å². The van der Waals surface area contributed by atoms with Crippen molar-refractivity contribution in [1.82, 2.24) is 5.32 Å². The smallest absolute Gasteiger partial charge is 0.187 e. The summed E-state index contributed by atoms with van der Waals surface area (Å²) in [5, 5.41) is 44.5. The molecule has 0 aromatic carbocycles. The number of aliphatic hydroxyl groups excluding tert-OH is 4. The predicted octanol–water partition coefficient (Wildman–Crippen LogP) is -6.17. The molecule has 0 spiro atoms. The third-order valence-electron chi connectivity index (χ3n) is 7.80. The Morgan fingerprint density at radius 1 is 0.811 bits per heavy atom. The monoisotopic (exact) mass is 538 g/mol. The van der Waals surface area contributed by atoms with Gasteiger partial charge in [0.15, 0.2) is 18.9 Å². The minimum absolute atomic E-state index is 0.206. The van der Waals surface area contributed by atoms with Crippen LogP contribution >= 0.6 is 0 Å². The van der Waals surface area contributed by atoms with E-state index >= 15 is 0 Å². The van der Waals surface area contributed by atoms with Crippen LogP contribution in [0.5, 0.6) is 0 Å². The maximum atomic E-state index is 11.2. The number of aliphatic hydroxyl groups is 4. The second-order valence-corrected chi connectivity index (χ2v) is 10.2. The molecule has 16 nitrogen and oxygen atoms in total.